The normalized spacial score (nSPS) is 16.5. The molecule has 0 amide bonds. The molecule has 13 heavy (non-hydrogen) atoms. The van der Waals surface area contributed by atoms with Crippen molar-refractivity contribution < 1.29 is 39.6 Å². The quantitative estimate of drug-likeness (QED) is 0.379. The van der Waals surface area contributed by atoms with Crippen molar-refractivity contribution in [2.24, 2.45) is 0 Å². The van der Waals surface area contributed by atoms with Gasteiger partial charge in [0.05, 0.1) is 0 Å². The summed E-state index contributed by atoms with van der Waals surface area (Å²) in [6.07, 6.45) is 2.31. The number of carbonyl (C=O) groups is 2. The number of hydrogen-bond donors (Lipinski definition) is 1. The average Bonchev–Trinajstić information content (AvgIpc) is 1.92. The van der Waals surface area contributed by atoms with E-state index in [0.29, 0.717) is 6.08 Å². The van der Waals surface area contributed by atoms with Crippen molar-refractivity contribution in [3.8, 4) is 0 Å². The largest absolute Gasteiger partial charge is 0.298 e. The minimum Gasteiger partial charge on any atom is -0.290 e. The summed E-state index contributed by atoms with van der Waals surface area (Å²) in [5.74, 6) is -1.53. The molecule has 5 nitrogen and oxygen atoms in total. The van der Waals surface area contributed by atoms with Gasteiger partial charge in [-0.2, -0.15) is 8.42 Å². The first kappa shape index (κ1) is 12.2. The zero-order chi connectivity index (χ0) is 9.35. The molecule has 0 aliphatic heterocycles. The minimum absolute atomic E-state index is 0. The van der Waals surface area contributed by atoms with Crippen LogP contribution >= 0.6 is 0 Å². The molecular formula is C6H4MnO5S. The van der Waals surface area contributed by atoms with Gasteiger partial charge in [0.15, 0.2) is 11.6 Å². The second-order valence-corrected chi connectivity index (χ2v) is 3.47. The Bertz CT molecular complexity index is 403. The van der Waals surface area contributed by atoms with Gasteiger partial charge in [0, 0.05) is 23.1 Å². The van der Waals surface area contributed by atoms with Crippen LogP contribution in [0.5, 0.6) is 0 Å². The third-order valence-electron chi connectivity index (χ3n) is 1.19. The molecule has 0 saturated carbocycles. The van der Waals surface area contributed by atoms with Gasteiger partial charge in [-0.25, -0.2) is 0 Å². The summed E-state index contributed by atoms with van der Waals surface area (Å²) in [6.45, 7) is 0. The molecule has 0 aromatic rings. The van der Waals surface area contributed by atoms with E-state index < -0.39 is 26.6 Å². The Hall–Kier alpha value is -0.751. The molecule has 0 fully saturated rings. The standard InChI is InChI=1S/C6H4O5S.Mn/c7-4-1-2-5(8)6(3-4)12(9,10)11;/h1-3H,(H,9,10,11);. The van der Waals surface area contributed by atoms with Crippen LogP contribution < -0.4 is 0 Å². The molecule has 0 unspecified atom stereocenters. The van der Waals surface area contributed by atoms with Crippen molar-refractivity contribution in [3.63, 3.8) is 0 Å². The van der Waals surface area contributed by atoms with Crippen molar-refractivity contribution in [2.75, 3.05) is 0 Å². The van der Waals surface area contributed by atoms with Crippen molar-refractivity contribution in [3.05, 3.63) is 23.1 Å². The first-order valence-corrected chi connectivity index (χ1v) is 4.31. The molecule has 1 aliphatic carbocycles. The average molecular weight is 243 g/mol. The van der Waals surface area contributed by atoms with Gasteiger partial charge in [-0.1, -0.05) is 0 Å². The fourth-order valence-corrected chi connectivity index (χ4v) is 1.28. The van der Waals surface area contributed by atoms with Crippen molar-refractivity contribution in [1.29, 1.82) is 0 Å². The Labute approximate surface area is 84.7 Å². The van der Waals surface area contributed by atoms with Crippen molar-refractivity contribution in [2.45, 2.75) is 0 Å². The number of rotatable bonds is 1. The molecule has 0 bridgehead atoms. The van der Waals surface area contributed by atoms with Gasteiger partial charge in [-0.05, 0) is 12.2 Å². The Morgan fingerprint density at radius 1 is 1.15 bits per heavy atom. The van der Waals surface area contributed by atoms with Crippen LogP contribution in [-0.2, 0) is 36.8 Å². The summed E-state index contributed by atoms with van der Waals surface area (Å²) >= 11 is 0. The fraction of sp³-hybridized carbons (Fsp3) is 0. The van der Waals surface area contributed by atoms with Crippen molar-refractivity contribution in [1.82, 2.24) is 0 Å². The molecule has 0 saturated heterocycles. The van der Waals surface area contributed by atoms with Crippen LogP contribution in [0.2, 0.25) is 0 Å². The van der Waals surface area contributed by atoms with Gasteiger partial charge in [0.1, 0.15) is 4.91 Å². The predicted octanol–water partition coefficient (Wildman–Crippen LogP) is -0.536. The maximum atomic E-state index is 10.7. The summed E-state index contributed by atoms with van der Waals surface area (Å²) in [6, 6.07) is 0. The fourth-order valence-electron chi connectivity index (χ4n) is 0.690. The van der Waals surface area contributed by atoms with Gasteiger partial charge in [-0.15, -0.1) is 0 Å². The van der Waals surface area contributed by atoms with Crippen LogP contribution in [0.3, 0.4) is 0 Å². The van der Waals surface area contributed by atoms with E-state index in [1.54, 1.807) is 0 Å². The van der Waals surface area contributed by atoms with E-state index in [-0.39, 0.29) is 17.1 Å². The molecule has 0 aromatic heterocycles. The predicted molar refractivity (Wildman–Crippen MR) is 38.8 cm³/mol. The zero-order valence-corrected chi connectivity index (χ0v) is 8.10. The molecule has 1 rings (SSSR count). The number of allylic oxidation sites excluding steroid dienone is 4. The number of hydrogen-bond acceptors (Lipinski definition) is 4. The molecule has 1 N–H and O–H groups in total. The Balaban J connectivity index is 0.00000144. The molecule has 1 radical (unpaired) electrons. The smallest absolute Gasteiger partial charge is 0.290 e. The van der Waals surface area contributed by atoms with Gasteiger partial charge in [0.2, 0.25) is 0 Å². The molecule has 0 spiro atoms. The summed E-state index contributed by atoms with van der Waals surface area (Å²) in [5.41, 5.74) is 0. The van der Waals surface area contributed by atoms with E-state index >= 15 is 0 Å². The summed E-state index contributed by atoms with van der Waals surface area (Å²) < 4.78 is 29.3. The van der Waals surface area contributed by atoms with E-state index in [1.165, 1.54) is 0 Å². The van der Waals surface area contributed by atoms with Gasteiger partial charge in [0.25, 0.3) is 10.1 Å². The zero-order valence-electron chi connectivity index (χ0n) is 6.10. The number of carbonyl (C=O) groups excluding carboxylic acids is 2. The van der Waals surface area contributed by atoms with Crippen molar-refractivity contribution >= 4 is 21.7 Å². The van der Waals surface area contributed by atoms with Gasteiger partial charge in [-0.3, -0.25) is 14.1 Å². The van der Waals surface area contributed by atoms with Crippen LogP contribution in [0.4, 0.5) is 0 Å². The SMILES string of the molecule is O=C1C=CC(=O)C(S(=O)(=O)O)=C1.[Mn]. The Morgan fingerprint density at radius 2 is 1.69 bits per heavy atom. The maximum absolute atomic E-state index is 10.7. The summed E-state index contributed by atoms with van der Waals surface area (Å²) in [4.78, 5) is 20.4. The van der Waals surface area contributed by atoms with Gasteiger partial charge < -0.3 is 0 Å². The minimum atomic E-state index is -4.57. The molecule has 0 heterocycles. The topological polar surface area (TPSA) is 88.5 Å². The van der Waals surface area contributed by atoms with E-state index in [4.69, 9.17) is 4.55 Å². The van der Waals surface area contributed by atoms with E-state index in [2.05, 4.69) is 0 Å². The monoisotopic (exact) mass is 243 g/mol. The Morgan fingerprint density at radius 3 is 2.08 bits per heavy atom. The van der Waals surface area contributed by atoms with Gasteiger partial charge >= 0.3 is 0 Å². The third-order valence-corrected chi connectivity index (χ3v) is 2.07. The second kappa shape index (κ2) is 3.97. The third kappa shape index (κ3) is 2.89. The van der Waals surface area contributed by atoms with Crippen LogP contribution in [0.25, 0.3) is 0 Å². The van der Waals surface area contributed by atoms with Crippen LogP contribution in [0.15, 0.2) is 23.1 Å². The van der Waals surface area contributed by atoms with Crippen LogP contribution in [0, 0.1) is 0 Å². The molecule has 0 aromatic carbocycles. The second-order valence-electron chi connectivity index (χ2n) is 2.08. The first-order valence-electron chi connectivity index (χ1n) is 2.87. The summed E-state index contributed by atoms with van der Waals surface area (Å²) in [5, 5.41) is 0. The van der Waals surface area contributed by atoms with Crippen LogP contribution in [-0.4, -0.2) is 24.5 Å². The molecule has 0 atom stereocenters. The molecule has 1 aliphatic rings. The summed E-state index contributed by atoms with van der Waals surface area (Å²) in [7, 11) is -4.57. The molecule has 71 valence electrons. The van der Waals surface area contributed by atoms with E-state index in [1.807, 2.05) is 0 Å². The van der Waals surface area contributed by atoms with E-state index in [0.717, 1.165) is 12.2 Å². The van der Waals surface area contributed by atoms with Crippen LogP contribution in [0.1, 0.15) is 0 Å². The molecular weight excluding hydrogens is 239 g/mol. The molecule has 7 heteroatoms. The first-order chi connectivity index (χ1) is 5.41. The van der Waals surface area contributed by atoms with E-state index in [9.17, 15) is 18.0 Å². The Kier molecular flexibility index (Phi) is 3.74. The number of ketones is 2. The maximum Gasteiger partial charge on any atom is 0.298 e.